The number of aromatic hydroxyl groups is 2. The molecule has 0 aromatic heterocycles. The predicted molar refractivity (Wildman–Crippen MR) is 54.7 cm³/mol. The van der Waals surface area contributed by atoms with Crippen LogP contribution in [0.5, 0.6) is 11.5 Å². The minimum atomic E-state index is -1.05. The van der Waals surface area contributed by atoms with E-state index in [0.29, 0.717) is 5.56 Å². The van der Waals surface area contributed by atoms with E-state index in [-0.39, 0.29) is 11.1 Å². The Bertz CT molecular complexity index is 391. The summed E-state index contributed by atoms with van der Waals surface area (Å²) >= 11 is 5.64. The molecule has 1 unspecified atom stereocenters. The zero-order chi connectivity index (χ0) is 11.0. The first-order valence-corrected chi connectivity index (χ1v) is 5.12. The molecule has 0 spiro atoms. The Labute approximate surface area is 91.5 Å². The monoisotopic (exact) mass is 231 g/mol. The number of rotatable bonds is 1. The fourth-order valence-electron chi connectivity index (χ4n) is 1.83. The first-order valence-electron chi connectivity index (χ1n) is 4.74. The van der Waals surface area contributed by atoms with Gasteiger partial charge in [0, 0.05) is 11.6 Å². The van der Waals surface area contributed by atoms with E-state index < -0.39 is 17.3 Å². The normalized spacial score (nSPS) is 20.8. The quantitative estimate of drug-likeness (QED) is 0.695. The van der Waals surface area contributed by atoms with Crippen molar-refractivity contribution >= 4 is 11.6 Å². The zero-order valence-electron chi connectivity index (χ0n) is 7.93. The highest BCUT2D eigenvalue weighted by Crippen LogP contribution is 2.40. The fourth-order valence-corrected chi connectivity index (χ4v) is 2.03. The lowest BCUT2D eigenvalue weighted by atomic mass is 10.0. The van der Waals surface area contributed by atoms with Gasteiger partial charge in [-0.15, -0.1) is 0 Å². The summed E-state index contributed by atoms with van der Waals surface area (Å²) in [5.41, 5.74) is 0.410. The summed E-state index contributed by atoms with van der Waals surface area (Å²) in [5, 5.41) is 21.7. The van der Waals surface area contributed by atoms with Crippen LogP contribution in [0.2, 0.25) is 5.02 Å². The van der Waals surface area contributed by atoms with E-state index in [0.717, 1.165) is 19.4 Å². The van der Waals surface area contributed by atoms with Crippen molar-refractivity contribution in [3.63, 3.8) is 0 Å². The molecule has 1 atom stereocenters. The second-order valence-corrected chi connectivity index (χ2v) is 4.01. The van der Waals surface area contributed by atoms with Crippen LogP contribution in [0.25, 0.3) is 0 Å². The molecule has 0 amide bonds. The third-order valence-corrected chi connectivity index (χ3v) is 2.92. The lowest BCUT2D eigenvalue weighted by Gasteiger charge is -2.14. The zero-order valence-corrected chi connectivity index (χ0v) is 8.68. The van der Waals surface area contributed by atoms with Crippen LogP contribution in [0.1, 0.15) is 24.4 Å². The molecular formula is C10H11ClFNO2. The van der Waals surface area contributed by atoms with E-state index >= 15 is 0 Å². The summed E-state index contributed by atoms with van der Waals surface area (Å²) in [4.78, 5) is 0. The van der Waals surface area contributed by atoms with E-state index in [1.165, 1.54) is 6.07 Å². The van der Waals surface area contributed by atoms with E-state index in [4.69, 9.17) is 16.7 Å². The van der Waals surface area contributed by atoms with Gasteiger partial charge < -0.3 is 15.5 Å². The van der Waals surface area contributed by atoms with Gasteiger partial charge in [-0.25, -0.2) is 0 Å². The van der Waals surface area contributed by atoms with Gasteiger partial charge in [-0.05, 0) is 25.5 Å². The van der Waals surface area contributed by atoms with Gasteiger partial charge in [-0.1, -0.05) is 11.6 Å². The summed E-state index contributed by atoms with van der Waals surface area (Å²) in [5.74, 6) is -2.27. The lowest BCUT2D eigenvalue weighted by molar-refractivity contribution is 0.381. The van der Waals surface area contributed by atoms with Crippen molar-refractivity contribution in [2.24, 2.45) is 0 Å². The first-order chi connectivity index (χ1) is 7.11. The van der Waals surface area contributed by atoms with Crippen molar-refractivity contribution in [2.45, 2.75) is 18.9 Å². The molecule has 1 aromatic rings. The highest BCUT2D eigenvalue weighted by atomic mass is 35.5. The van der Waals surface area contributed by atoms with Crippen molar-refractivity contribution in [2.75, 3.05) is 6.54 Å². The highest BCUT2D eigenvalue weighted by molar-refractivity contribution is 6.32. The van der Waals surface area contributed by atoms with E-state index in [1.807, 2.05) is 0 Å². The van der Waals surface area contributed by atoms with E-state index in [9.17, 15) is 9.50 Å². The molecule has 1 fully saturated rings. The second-order valence-electron chi connectivity index (χ2n) is 3.61. The van der Waals surface area contributed by atoms with Gasteiger partial charge in [0.25, 0.3) is 0 Å². The number of halogens is 2. The molecule has 0 aliphatic carbocycles. The summed E-state index contributed by atoms with van der Waals surface area (Å²) in [6, 6.07) is 1.32. The van der Waals surface area contributed by atoms with Crippen molar-refractivity contribution in [1.82, 2.24) is 5.32 Å². The highest BCUT2D eigenvalue weighted by Gasteiger charge is 2.24. The van der Waals surface area contributed by atoms with Gasteiger partial charge in [-0.3, -0.25) is 0 Å². The largest absolute Gasteiger partial charge is 0.504 e. The summed E-state index contributed by atoms with van der Waals surface area (Å²) in [7, 11) is 0. The fraction of sp³-hybridized carbons (Fsp3) is 0.400. The van der Waals surface area contributed by atoms with E-state index in [2.05, 4.69) is 5.32 Å². The van der Waals surface area contributed by atoms with Crippen LogP contribution >= 0.6 is 11.6 Å². The average molecular weight is 232 g/mol. The molecule has 3 nitrogen and oxygen atoms in total. The molecule has 1 aliphatic heterocycles. The Morgan fingerprint density at radius 1 is 1.40 bits per heavy atom. The summed E-state index contributed by atoms with van der Waals surface area (Å²) in [6.07, 6.45) is 1.80. The molecule has 0 radical (unpaired) electrons. The lowest BCUT2D eigenvalue weighted by Crippen LogP contribution is -2.13. The average Bonchev–Trinajstić information content (AvgIpc) is 2.73. The predicted octanol–water partition coefficient (Wildman–Crippen LogP) is 2.31. The van der Waals surface area contributed by atoms with Crippen molar-refractivity contribution in [3.8, 4) is 11.5 Å². The number of benzene rings is 1. The van der Waals surface area contributed by atoms with Crippen LogP contribution in [-0.2, 0) is 0 Å². The van der Waals surface area contributed by atoms with Crippen LogP contribution in [0, 0.1) is 5.82 Å². The van der Waals surface area contributed by atoms with Crippen molar-refractivity contribution < 1.29 is 14.6 Å². The molecule has 1 aliphatic rings. The number of hydrogen-bond donors (Lipinski definition) is 3. The summed E-state index contributed by atoms with van der Waals surface area (Å²) in [6.45, 7) is 0.838. The van der Waals surface area contributed by atoms with Crippen LogP contribution in [0.15, 0.2) is 6.07 Å². The van der Waals surface area contributed by atoms with Crippen LogP contribution in [-0.4, -0.2) is 16.8 Å². The Morgan fingerprint density at radius 3 is 2.73 bits per heavy atom. The molecule has 82 valence electrons. The summed E-state index contributed by atoms with van der Waals surface area (Å²) < 4.78 is 13.3. The number of nitrogens with one attached hydrogen (secondary N) is 1. The standard InChI is InChI=1S/C10H11ClFNO2/c11-6-4-5(7-2-1-3-13-7)9(14)8(12)10(6)15/h4,7,13-15H,1-3H2. The maximum Gasteiger partial charge on any atom is 0.208 e. The maximum absolute atomic E-state index is 13.3. The van der Waals surface area contributed by atoms with Gasteiger partial charge in [0.05, 0.1) is 5.02 Å². The molecule has 15 heavy (non-hydrogen) atoms. The van der Waals surface area contributed by atoms with E-state index in [1.54, 1.807) is 0 Å². The molecule has 0 saturated carbocycles. The Hall–Kier alpha value is -1.00. The Balaban J connectivity index is 2.47. The molecule has 1 aromatic carbocycles. The SMILES string of the molecule is Oc1c(Cl)cc(C2CCCN2)c(O)c1F. The number of hydrogen-bond acceptors (Lipinski definition) is 3. The Morgan fingerprint density at radius 2 is 2.13 bits per heavy atom. The number of phenols is 2. The van der Waals surface area contributed by atoms with Crippen molar-refractivity contribution in [3.05, 3.63) is 22.5 Å². The smallest absolute Gasteiger partial charge is 0.208 e. The van der Waals surface area contributed by atoms with Gasteiger partial charge in [-0.2, -0.15) is 4.39 Å². The Kier molecular flexibility index (Phi) is 2.71. The van der Waals surface area contributed by atoms with Gasteiger partial charge >= 0.3 is 0 Å². The maximum atomic E-state index is 13.3. The van der Waals surface area contributed by atoms with Crippen LogP contribution in [0.3, 0.4) is 0 Å². The molecule has 0 bridgehead atoms. The molecule has 1 heterocycles. The minimum absolute atomic E-state index is 0.0750. The molecule has 3 N–H and O–H groups in total. The van der Waals surface area contributed by atoms with Gasteiger partial charge in [0.1, 0.15) is 0 Å². The van der Waals surface area contributed by atoms with Crippen molar-refractivity contribution in [1.29, 1.82) is 0 Å². The molecule has 2 rings (SSSR count). The molecular weight excluding hydrogens is 221 g/mol. The second kappa shape index (κ2) is 3.87. The third kappa shape index (κ3) is 1.75. The first kappa shape index (κ1) is 10.5. The van der Waals surface area contributed by atoms with Gasteiger partial charge in [0.2, 0.25) is 5.82 Å². The van der Waals surface area contributed by atoms with Gasteiger partial charge in [0.15, 0.2) is 11.5 Å². The van der Waals surface area contributed by atoms with Crippen LogP contribution in [0.4, 0.5) is 4.39 Å². The molecule has 1 saturated heterocycles. The third-order valence-electron chi connectivity index (χ3n) is 2.63. The van der Waals surface area contributed by atoms with Crippen LogP contribution < -0.4 is 5.32 Å². The topological polar surface area (TPSA) is 52.5 Å². The molecule has 5 heteroatoms. The number of phenolic OH excluding ortho intramolecular Hbond substituents is 2. The minimum Gasteiger partial charge on any atom is -0.504 e.